The fourth-order valence-corrected chi connectivity index (χ4v) is 2.89. The van der Waals surface area contributed by atoms with Crippen LogP contribution in [0.15, 0.2) is 65.7 Å². The Morgan fingerprint density at radius 1 is 1.11 bits per heavy atom. The molecule has 0 unspecified atom stereocenters. The number of fused-ring (bicyclic) bond motifs is 1. The van der Waals surface area contributed by atoms with Crippen LogP contribution in [0.3, 0.4) is 0 Å². The molecule has 0 bridgehead atoms. The van der Waals surface area contributed by atoms with Crippen molar-refractivity contribution in [2.24, 2.45) is 0 Å². The summed E-state index contributed by atoms with van der Waals surface area (Å²) < 4.78 is 6.40. The van der Waals surface area contributed by atoms with Crippen LogP contribution < -0.4 is 5.56 Å². The lowest BCUT2D eigenvalue weighted by atomic mass is 10.2. The lowest BCUT2D eigenvalue weighted by Crippen LogP contribution is -2.38. The average Bonchev–Trinajstić information content (AvgIpc) is 2.70. The SMILES string of the molecule is C[C@H](OC(=O)Cn1cnc2ccccc2c1=O)C(=O)N(C)Cc1ccccc1. The van der Waals surface area contributed by atoms with Crippen molar-refractivity contribution < 1.29 is 14.3 Å². The number of amides is 1. The van der Waals surface area contributed by atoms with Crippen molar-refractivity contribution in [1.29, 1.82) is 0 Å². The molecule has 28 heavy (non-hydrogen) atoms. The summed E-state index contributed by atoms with van der Waals surface area (Å²) in [6.07, 6.45) is 0.352. The normalized spacial score (nSPS) is 11.8. The van der Waals surface area contributed by atoms with Gasteiger partial charge in [-0.15, -0.1) is 0 Å². The smallest absolute Gasteiger partial charge is 0.326 e. The summed E-state index contributed by atoms with van der Waals surface area (Å²) in [6, 6.07) is 16.4. The summed E-state index contributed by atoms with van der Waals surface area (Å²) in [5.74, 6) is -0.991. The van der Waals surface area contributed by atoms with Crippen LogP contribution in [0, 0.1) is 0 Å². The third-order valence-electron chi connectivity index (χ3n) is 4.33. The molecule has 0 fully saturated rings. The van der Waals surface area contributed by atoms with Crippen molar-refractivity contribution >= 4 is 22.8 Å². The van der Waals surface area contributed by atoms with E-state index < -0.39 is 12.1 Å². The van der Waals surface area contributed by atoms with Gasteiger partial charge in [0.05, 0.1) is 17.2 Å². The highest BCUT2D eigenvalue weighted by Gasteiger charge is 2.22. The number of rotatable bonds is 6. The largest absolute Gasteiger partial charge is 0.451 e. The highest BCUT2D eigenvalue weighted by Crippen LogP contribution is 2.07. The zero-order valence-corrected chi connectivity index (χ0v) is 15.7. The molecule has 1 amide bonds. The first kappa shape index (κ1) is 19.3. The maximum atomic E-state index is 12.4. The van der Waals surface area contributed by atoms with Crippen molar-refractivity contribution in [3.8, 4) is 0 Å². The number of ether oxygens (including phenoxy) is 1. The molecule has 0 aliphatic carbocycles. The van der Waals surface area contributed by atoms with E-state index in [-0.39, 0.29) is 18.0 Å². The monoisotopic (exact) mass is 379 g/mol. The van der Waals surface area contributed by atoms with E-state index in [0.29, 0.717) is 17.4 Å². The molecule has 0 saturated carbocycles. The van der Waals surface area contributed by atoms with E-state index in [1.54, 1.807) is 31.3 Å². The van der Waals surface area contributed by atoms with Crippen molar-refractivity contribution in [1.82, 2.24) is 14.5 Å². The minimum Gasteiger partial charge on any atom is -0.451 e. The first-order chi connectivity index (χ1) is 13.5. The molecule has 3 rings (SSSR count). The van der Waals surface area contributed by atoms with E-state index in [4.69, 9.17) is 4.74 Å². The topological polar surface area (TPSA) is 81.5 Å². The number of carbonyl (C=O) groups is 2. The van der Waals surface area contributed by atoms with Crippen LogP contribution in [-0.2, 0) is 27.4 Å². The molecule has 0 N–H and O–H groups in total. The zero-order valence-electron chi connectivity index (χ0n) is 15.7. The van der Waals surface area contributed by atoms with Gasteiger partial charge in [0.2, 0.25) is 0 Å². The van der Waals surface area contributed by atoms with E-state index in [1.165, 1.54) is 22.7 Å². The number of esters is 1. The molecule has 1 atom stereocenters. The van der Waals surface area contributed by atoms with Gasteiger partial charge in [0.15, 0.2) is 6.10 Å². The molecule has 1 heterocycles. The second-order valence-electron chi connectivity index (χ2n) is 6.51. The quantitative estimate of drug-likeness (QED) is 0.612. The van der Waals surface area contributed by atoms with Gasteiger partial charge < -0.3 is 9.64 Å². The van der Waals surface area contributed by atoms with Crippen LogP contribution in [0.4, 0.5) is 0 Å². The summed E-state index contributed by atoms with van der Waals surface area (Å²) in [7, 11) is 1.65. The zero-order chi connectivity index (χ0) is 20.1. The van der Waals surface area contributed by atoms with Gasteiger partial charge in [0, 0.05) is 13.6 Å². The molecule has 2 aromatic carbocycles. The third kappa shape index (κ3) is 4.43. The number of hydrogen-bond acceptors (Lipinski definition) is 5. The highest BCUT2D eigenvalue weighted by atomic mass is 16.5. The first-order valence-electron chi connectivity index (χ1n) is 8.88. The summed E-state index contributed by atoms with van der Waals surface area (Å²) in [4.78, 5) is 42.8. The number of hydrogen-bond donors (Lipinski definition) is 0. The van der Waals surface area contributed by atoms with Crippen molar-refractivity contribution in [2.45, 2.75) is 26.1 Å². The standard InChI is InChI=1S/C21H21N3O4/c1-15(20(26)23(2)12-16-8-4-3-5-9-16)28-19(25)13-24-14-22-18-11-7-6-10-17(18)21(24)27/h3-11,14-15H,12-13H2,1-2H3/t15-/m0/s1. The number of likely N-dealkylation sites (N-methyl/N-ethyl adjacent to an activating group) is 1. The second-order valence-corrected chi connectivity index (χ2v) is 6.51. The lowest BCUT2D eigenvalue weighted by Gasteiger charge is -2.21. The van der Waals surface area contributed by atoms with Crippen LogP contribution >= 0.6 is 0 Å². The maximum absolute atomic E-state index is 12.4. The second kappa shape index (κ2) is 8.47. The molecule has 144 valence electrons. The summed E-state index contributed by atoms with van der Waals surface area (Å²) in [5.41, 5.74) is 1.21. The van der Waals surface area contributed by atoms with E-state index in [9.17, 15) is 14.4 Å². The summed E-state index contributed by atoms with van der Waals surface area (Å²) >= 11 is 0. The Bertz CT molecular complexity index is 1050. The molecule has 3 aromatic rings. The number of nitrogens with zero attached hydrogens (tertiary/aromatic N) is 3. The van der Waals surface area contributed by atoms with Gasteiger partial charge >= 0.3 is 5.97 Å². The van der Waals surface area contributed by atoms with Crippen LogP contribution in [0.25, 0.3) is 10.9 Å². The number of para-hydroxylation sites is 1. The molecular weight excluding hydrogens is 358 g/mol. The van der Waals surface area contributed by atoms with E-state index in [1.807, 2.05) is 30.3 Å². The fourth-order valence-electron chi connectivity index (χ4n) is 2.89. The number of aromatic nitrogens is 2. The Morgan fingerprint density at radius 3 is 2.54 bits per heavy atom. The molecule has 0 spiro atoms. The summed E-state index contributed by atoms with van der Waals surface area (Å²) in [5, 5.41) is 0.421. The molecule has 0 radical (unpaired) electrons. The van der Waals surface area contributed by atoms with E-state index >= 15 is 0 Å². The van der Waals surface area contributed by atoms with Gasteiger partial charge in [0.1, 0.15) is 6.54 Å². The van der Waals surface area contributed by atoms with E-state index in [2.05, 4.69) is 4.98 Å². The van der Waals surface area contributed by atoms with Gasteiger partial charge in [0.25, 0.3) is 11.5 Å². The van der Waals surface area contributed by atoms with Crippen molar-refractivity contribution in [3.05, 3.63) is 76.8 Å². The number of carbonyl (C=O) groups excluding carboxylic acids is 2. The first-order valence-corrected chi connectivity index (χ1v) is 8.88. The predicted octanol–water partition coefficient (Wildman–Crippen LogP) is 1.99. The third-order valence-corrected chi connectivity index (χ3v) is 4.33. The van der Waals surface area contributed by atoms with Gasteiger partial charge in [-0.05, 0) is 24.6 Å². The van der Waals surface area contributed by atoms with Gasteiger partial charge in [-0.1, -0.05) is 42.5 Å². The van der Waals surface area contributed by atoms with Crippen molar-refractivity contribution in [2.75, 3.05) is 7.05 Å². The molecule has 7 nitrogen and oxygen atoms in total. The van der Waals surface area contributed by atoms with E-state index in [0.717, 1.165) is 5.56 Å². The van der Waals surface area contributed by atoms with Gasteiger partial charge in [-0.3, -0.25) is 19.0 Å². The van der Waals surface area contributed by atoms with Crippen LogP contribution in [0.5, 0.6) is 0 Å². The molecular formula is C21H21N3O4. The Hall–Kier alpha value is -3.48. The average molecular weight is 379 g/mol. The Morgan fingerprint density at radius 2 is 1.79 bits per heavy atom. The lowest BCUT2D eigenvalue weighted by molar-refractivity contribution is -0.159. The Labute approximate surface area is 162 Å². The molecule has 7 heteroatoms. The molecule has 0 aliphatic rings. The van der Waals surface area contributed by atoms with Gasteiger partial charge in [-0.2, -0.15) is 0 Å². The van der Waals surface area contributed by atoms with Crippen LogP contribution in [-0.4, -0.2) is 39.5 Å². The minimum atomic E-state index is -0.953. The van der Waals surface area contributed by atoms with Gasteiger partial charge in [-0.25, -0.2) is 4.98 Å². The fraction of sp³-hybridized carbons (Fsp3) is 0.238. The predicted molar refractivity (Wildman–Crippen MR) is 104 cm³/mol. The minimum absolute atomic E-state index is 0.309. The summed E-state index contributed by atoms with van der Waals surface area (Å²) in [6.45, 7) is 1.62. The van der Waals surface area contributed by atoms with Crippen molar-refractivity contribution in [3.63, 3.8) is 0 Å². The molecule has 0 aliphatic heterocycles. The molecule has 1 aromatic heterocycles. The number of benzene rings is 2. The highest BCUT2D eigenvalue weighted by molar-refractivity contribution is 5.83. The molecule has 0 saturated heterocycles. The Kier molecular flexibility index (Phi) is 5.84. The van der Waals surface area contributed by atoms with Crippen LogP contribution in [0.1, 0.15) is 12.5 Å². The Balaban J connectivity index is 1.62. The maximum Gasteiger partial charge on any atom is 0.326 e. The van der Waals surface area contributed by atoms with Crippen LogP contribution in [0.2, 0.25) is 0 Å².